The summed E-state index contributed by atoms with van der Waals surface area (Å²) in [7, 11) is 0. The van der Waals surface area contributed by atoms with Crippen LogP contribution in [0.4, 0.5) is 0 Å². The topological polar surface area (TPSA) is 93.1 Å². The van der Waals surface area contributed by atoms with Gasteiger partial charge >= 0.3 is 11.9 Å². The maximum atomic E-state index is 11.9. The molecule has 0 aromatic heterocycles. The highest BCUT2D eigenvalue weighted by molar-refractivity contribution is 5.85. The van der Waals surface area contributed by atoms with Crippen LogP contribution in [-0.4, -0.2) is 46.6 Å². The number of esters is 2. The lowest BCUT2D eigenvalue weighted by molar-refractivity contribution is -0.178. The third kappa shape index (κ3) is 11.5. The first-order chi connectivity index (χ1) is 12.3. The predicted octanol–water partition coefficient (Wildman–Crippen LogP) is 3.51. The lowest BCUT2D eigenvalue weighted by Crippen LogP contribution is -2.43. The molecule has 6 nitrogen and oxygen atoms in total. The number of aliphatic hydroxyl groups excluding tert-OH is 2. The molecule has 0 spiro atoms. The Morgan fingerprint density at radius 2 is 1.04 bits per heavy atom. The summed E-state index contributed by atoms with van der Waals surface area (Å²) in [6.45, 7) is 7.71. The van der Waals surface area contributed by atoms with Gasteiger partial charge in [-0.25, -0.2) is 9.59 Å². The van der Waals surface area contributed by atoms with Crippen molar-refractivity contribution < 1.29 is 29.3 Å². The van der Waals surface area contributed by atoms with Crippen molar-refractivity contribution in [2.75, 3.05) is 0 Å². The molecule has 0 aliphatic heterocycles. The van der Waals surface area contributed by atoms with Crippen LogP contribution in [0.1, 0.15) is 91.9 Å². The number of hydrogen-bond donors (Lipinski definition) is 2. The Balaban J connectivity index is 4.18. The summed E-state index contributed by atoms with van der Waals surface area (Å²) in [6, 6.07) is 0. The molecule has 0 rings (SSSR count). The van der Waals surface area contributed by atoms with Gasteiger partial charge in [0.25, 0.3) is 0 Å². The zero-order valence-corrected chi connectivity index (χ0v) is 16.9. The maximum Gasteiger partial charge on any atom is 0.338 e. The van der Waals surface area contributed by atoms with E-state index in [2.05, 4.69) is 13.8 Å². The van der Waals surface area contributed by atoms with E-state index in [0.29, 0.717) is 12.8 Å². The Morgan fingerprint density at radius 3 is 1.35 bits per heavy atom. The first-order valence-corrected chi connectivity index (χ1v) is 10.1. The quantitative estimate of drug-likeness (QED) is 0.336. The van der Waals surface area contributed by atoms with Gasteiger partial charge in [-0.1, -0.05) is 52.4 Å². The summed E-state index contributed by atoms with van der Waals surface area (Å²) in [5.74, 6) is -1.99. The van der Waals surface area contributed by atoms with E-state index < -0.39 is 24.1 Å². The Labute approximate surface area is 158 Å². The highest BCUT2D eigenvalue weighted by atomic mass is 16.6. The minimum absolute atomic E-state index is 0.366. The van der Waals surface area contributed by atoms with Gasteiger partial charge in [-0.3, -0.25) is 0 Å². The molecular weight excluding hydrogens is 336 g/mol. The fourth-order valence-corrected chi connectivity index (χ4v) is 2.63. The fourth-order valence-electron chi connectivity index (χ4n) is 2.63. The van der Waals surface area contributed by atoms with E-state index in [9.17, 15) is 19.8 Å². The lowest BCUT2D eigenvalue weighted by Gasteiger charge is -2.20. The number of carbonyl (C=O) groups excluding carboxylic acids is 2. The number of carbonyl (C=O) groups is 2. The summed E-state index contributed by atoms with van der Waals surface area (Å²) in [5.41, 5.74) is 0. The van der Waals surface area contributed by atoms with E-state index in [4.69, 9.17) is 9.47 Å². The Kier molecular flexibility index (Phi) is 14.3. The summed E-state index contributed by atoms with van der Waals surface area (Å²) in [6.07, 6.45) is 5.28. The molecule has 4 atom stereocenters. The molecule has 2 N–H and O–H groups in total. The highest BCUT2D eigenvalue weighted by Crippen LogP contribution is 2.12. The van der Waals surface area contributed by atoms with E-state index in [1.165, 1.54) is 0 Å². The van der Waals surface area contributed by atoms with Crippen LogP contribution in [0.3, 0.4) is 0 Å². The van der Waals surface area contributed by atoms with Gasteiger partial charge in [-0.2, -0.15) is 0 Å². The number of hydrogen-bond acceptors (Lipinski definition) is 6. The Bertz CT molecular complexity index is 348. The summed E-state index contributed by atoms with van der Waals surface area (Å²) in [5, 5.41) is 19.7. The molecule has 6 heteroatoms. The summed E-state index contributed by atoms with van der Waals surface area (Å²) >= 11 is 0. The van der Waals surface area contributed by atoms with Crippen molar-refractivity contribution in [2.24, 2.45) is 0 Å². The fraction of sp³-hybridized carbons (Fsp3) is 0.900. The van der Waals surface area contributed by atoms with Crippen LogP contribution < -0.4 is 0 Å². The summed E-state index contributed by atoms with van der Waals surface area (Å²) < 4.78 is 10.2. The normalized spacial score (nSPS) is 15.8. The van der Waals surface area contributed by atoms with Crippen LogP contribution in [0.15, 0.2) is 0 Å². The third-order valence-corrected chi connectivity index (χ3v) is 4.35. The van der Waals surface area contributed by atoms with Crippen LogP contribution in [0.5, 0.6) is 0 Å². The zero-order valence-electron chi connectivity index (χ0n) is 16.9. The van der Waals surface area contributed by atoms with Crippen LogP contribution in [0, 0.1) is 0 Å². The summed E-state index contributed by atoms with van der Waals surface area (Å²) in [4.78, 5) is 23.8. The molecule has 0 bridgehead atoms. The van der Waals surface area contributed by atoms with Gasteiger partial charge in [0.15, 0.2) is 12.2 Å². The molecular formula is C20H38O6. The molecule has 0 heterocycles. The van der Waals surface area contributed by atoms with Crippen molar-refractivity contribution in [1.82, 2.24) is 0 Å². The third-order valence-electron chi connectivity index (χ3n) is 4.35. The number of rotatable bonds is 15. The molecule has 154 valence electrons. The largest absolute Gasteiger partial charge is 0.461 e. The second kappa shape index (κ2) is 15.0. The average Bonchev–Trinajstić information content (AvgIpc) is 2.61. The molecule has 0 amide bonds. The minimum atomic E-state index is -1.92. The SMILES string of the molecule is CCCCCCC(C)OC(=O)[C@H](O)[C@@H](O)C(=O)OC(C)CCCCCC. The van der Waals surface area contributed by atoms with Crippen molar-refractivity contribution in [3.8, 4) is 0 Å². The van der Waals surface area contributed by atoms with Crippen LogP contribution in [0.25, 0.3) is 0 Å². The Hall–Kier alpha value is -1.14. The van der Waals surface area contributed by atoms with Gasteiger partial charge in [0.2, 0.25) is 0 Å². The van der Waals surface area contributed by atoms with Gasteiger partial charge in [-0.05, 0) is 39.5 Å². The van der Waals surface area contributed by atoms with Crippen molar-refractivity contribution in [1.29, 1.82) is 0 Å². The number of unbranched alkanes of at least 4 members (excludes halogenated alkanes) is 6. The minimum Gasteiger partial charge on any atom is -0.461 e. The molecule has 0 aliphatic rings. The standard InChI is InChI=1S/C20H38O6/c1-5-7-9-11-13-15(3)25-19(23)17(21)18(22)20(24)26-16(4)14-12-10-8-6-2/h15-18,21-22H,5-14H2,1-4H3/t15?,16?,17-,18-/m1/s1. The molecule has 0 aromatic rings. The average molecular weight is 375 g/mol. The second-order valence-electron chi connectivity index (χ2n) is 7.08. The van der Waals surface area contributed by atoms with Crippen molar-refractivity contribution in [2.45, 2.75) is 116 Å². The molecule has 0 aromatic carbocycles. The molecule has 2 unspecified atom stereocenters. The van der Waals surface area contributed by atoms with Gasteiger partial charge in [0.05, 0.1) is 12.2 Å². The van der Waals surface area contributed by atoms with Crippen LogP contribution >= 0.6 is 0 Å². The number of aliphatic hydroxyl groups is 2. The van der Waals surface area contributed by atoms with Crippen molar-refractivity contribution in [3.05, 3.63) is 0 Å². The van der Waals surface area contributed by atoms with Crippen LogP contribution in [-0.2, 0) is 19.1 Å². The smallest absolute Gasteiger partial charge is 0.338 e. The van der Waals surface area contributed by atoms with E-state index in [0.717, 1.165) is 51.4 Å². The molecule has 0 saturated heterocycles. The van der Waals surface area contributed by atoms with Gasteiger partial charge in [0.1, 0.15) is 0 Å². The maximum absolute atomic E-state index is 11.9. The lowest BCUT2D eigenvalue weighted by atomic mass is 10.1. The number of ether oxygens (including phenoxy) is 2. The highest BCUT2D eigenvalue weighted by Gasteiger charge is 2.34. The van der Waals surface area contributed by atoms with Crippen molar-refractivity contribution >= 4 is 11.9 Å². The predicted molar refractivity (Wildman–Crippen MR) is 101 cm³/mol. The zero-order chi connectivity index (χ0) is 19.9. The van der Waals surface area contributed by atoms with E-state index in [-0.39, 0.29) is 12.2 Å². The molecule has 0 saturated carbocycles. The molecule has 0 fully saturated rings. The first-order valence-electron chi connectivity index (χ1n) is 10.1. The van der Waals surface area contributed by atoms with E-state index in [1.807, 2.05) is 0 Å². The molecule has 0 aliphatic carbocycles. The van der Waals surface area contributed by atoms with Crippen LogP contribution in [0.2, 0.25) is 0 Å². The van der Waals surface area contributed by atoms with Gasteiger partial charge in [0, 0.05) is 0 Å². The molecule has 0 radical (unpaired) electrons. The molecule has 26 heavy (non-hydrogen) atoms. The Morgan fingerprint density at radius 1 is 0.692 bits per heavy atom. The monoisotopic (exact) mass is 374 g/mol. The van der Waals surface area contributed by atoms with E-state index >= 15 is 0 Å². The first kappa shape index (κ1) is 24.9. The van der Waals surface area contributed by atoms with Gasteiger partial charge in [-0.15, -0.1) is 0 Å². The van der Waals surface area contributed by atoms with E-state index in [1.54, 1.807) is 13.8 Å². The van der Waals surface area contributed by atoms with Crippen molar-refractivity contribution in [3.63, 3.8) is 0 Å². The van der Waals surface area contributed by atoms with Gasteiger partial charge < -0.3 is 19.7 Å². The second-order valence-corrected chi connectivity index (χ2v) is 7.08.